The zero-order valence-electron chi connectivity index (χ0n) is 7.03. The van der Waals surface area contributed by atoms with E-state index >= 15 is 0 Å². The molecule has 0 radical (unpaired) electrons. The third kappa shape index (κ3) is 1.52. The lowest BCUT2D eigenvalue weighted by molar-refractivity contribution is -0.113. The quantitative estimate of drug-likeness (QED) is 0.659. The Morgan fingerprint density at radius 2 is 2.00 bits per heavy atom. The second-order valence-electron chi connectivity index (χ2n) is 3.12. The second-order valence-corrected chi connectivity index (χ2v) is 3.49. The van der Waals surface area contributed by atoms with Crippen molar-refractivity contribution in [2.24, 2.45) is 5.92 Å². The fourth-order valence-electron chi connectivity index (χ4n) is 1.52. The van der Waals surface area contributed by atoms with Crippen molar-refractivity contribution in [3.05, 3.63) is 42.0 Å². The van der Waals surface area contributed by atoms with Gasteiger partial charge in [-0.15, -0.1) is 0 Å². The third-order valence-corrected chi connectivity index (χ3v) is 2.59. The van der Waals surface area contributed by atoms with E-state index < -0.39 is 0 Å². The van der Waals surface area contributed by atoms with Crippen LogP contribution >= 0.6 is 11.6 Å². The molecule has 0 aliphatic heterocycles. The van der Waals surface area contributed by atoms with Crippen LogP contribution in [-0.2, 0) is 4.79 Å². The van der Waals surface area contributed by atoms with Crippen LogP contribution in [0.1, 0.15) is 12.0 Å². The Balaban J connectivity index is 2.25. The molecule has 0 saturated carbocycles. The number of rotatable bonds is 2. The average Bonchev–Trinajstić information content (AvgIpc) is 2.02. The van der Waals surface area contributed by atoms with Gasteiger partial charge in [-0.3, -0.25) is 4.79 Å². The Bertz CT molecular complexity index is 354. The van der Waals surface area contributed by atoms with Crippen molar-refractivity contribution in [1.82, 2.24) is 0 Å². The van der Waals surface area contributed by atoms with Crippen LogP contribution in [0.2, 0.25) is 0 Å². The van der Waals surface area contributed by atoms with E-state index in [2.05, 4.69) is 6.08 Å². The molecule has 13 heavy (non-hydrogen) atoms. The van der Waals surface area contributed by atoms with Gasteiger partial charge in [-0.1, -0.05) is 36.4 Å². The molecular weight excluding hydrogens is 184 g/mol. The van der Waals surface area contributed by atoms with E-state index in [1.54, 1.807) is 0 Å². The molecule has 1 aromatic rings. The minimum atomic E-state index is -0.249. The SMILES string of the molecule is O=C(Cl)C1CC=C1c1ccccc1. The van der Waals surface area contributed by atoms with Gasteiger partial charge in [-0.05, 0) is 29.2 Å². The van der Waals surface area contributed by atoms with E-state index in [1.807, 2.05) is 30.3 Å². The summed E-state index contributed by atoms with van der Waals surface area (Å²) >= 11 is 5.44. The molecule has 1 atom stereocenters. The zero-order valence-corrected chi connectivity index (χ0v) is 7.79. The topological polar surface area (TPSA) is 17.1 Å². The van der Waals surface area contributed by atoms with Crippen molar-refractivity contribution in [1.29, 1.82) is 0 Å². The number of benzene rings is 1. The normalized spacial score (nSPS) is 20.4. The largest absolute Gasteiger partial charge is 0.281 e. The van der Waals surface area contributed by atoms with E-state index in [0.29, 0.717) is 0 Å². The number of halogens is 1. The van der Waals surface area contributed by atoms with Gasteiger partial charge in [0.05, 0.1) is 5.92 Å². The van der Waals surface area contributed by atoms with E-state index in [-0.39, 0.29) is 11.2 Å². The van der Waals surface area contributed by atoms with Crippen molar-refractivity contribution in [2.45, 2.75) is 6.42 Å². The fraction of sp³-hybridized carbons (Fsp3) is 0.182. The molecule has 1 unspecified atom stereocenters. The minimum Gasteiger partial charge on any atom is -0.281 e. The molecule has 0 amide bonds. The molecule has 2 rings (SSSR count). The number of allylic oxidation sites excluding steroid dienone is 2. The molecule has 0 N–H and O–H groups in total. The lowest BCUT2D eigenvalue weighted by Gasteiger charge is -2.23. The van der Waals surface area contributed by atoms with Gasteiger partial charge in [0, 0.05) is 0 Å². The van der Waals surface area contributed by atoms with Crippen molar-refractivity contribution in [2.75, 3.05) is 0 Å². The summed E-state index contributed by atoms with van der Waals surface area (Å²) in [5.41, 5.74) is 2.17. The smallest absolute Gasteiger partial charge is 0.229 e. The molecule has 0 spiro atoms. The second kappa shape index (κ2) is 3.35. The van der Waals surface area contributed by atoms with E-state index in [4.69, 9.17) is 11.6 Å². The Hall–Kier alpha value is -1.08. The first-order valence-electron chi connectivity index (χ1n) is 4.24. The number of carbonyl (C=O) groups is 1. The Morgan fingerprint density at radius 1 is 1.31 bits per heavy atom. The Morgan fingerprint density at radius 3 is 2.46 bits per heavy atom. The lowest BCUT2D eigenvalue weighted by atomic mass is 9.81. The molecule has 1 aromatic carbocycles. The molecule has 66 valence electrons. The molecule has 1 aliphatic rings. The summed E-state index contributed by atoms with van der Waals surface area (Å²) in [4.78, 5) is 10.9. The van der Waals surface area contributed by atoms with Crippen molar-refractivity contribution < 1.29 is 4.79 Å². The Kier molecular flexibility index (Phi) is 2.19. The van der Waals surface area contributed by atoms with Crippen LogP contribution in [0.3, 0.4) is 0 Å². The van der Waals surface area contributed by atoms with Crippen LogP contribution in [0.15, 0.2) is 36.4 Å². The first-order chi connectivity index (χ1) is 6.29. The zero-order chi connectivity index (χ0) is 9.26. The standard InChI is InChI=1S/C11H9ClO/c12-11(13)10-7-6-9(10)8-4-2-1-3-5-8/h1-6,10H,7H2. The van der Waals surface area contributed by atoms with Gasteiger partial charge >= 0.3 is 0 Å². The predicted molar refractivity (Wildman–Crippen MR) is 53.4 cm³/mol. The average molecular weight is 193 g/mol. The van der Waals surface area contributed by atoms with Gasteiger partial charge < -0.3 is 0 Å². The molecule has 0 saturated heterocycles. The van der Waals surface area contributed by atoms with Gasteiger partial charge in [-0.25, -0.2) is 0 Å². The molecular formula is C11H9ClO. The highest BCUT2D eigenvalue weighted by Crippen LogP contribution is 2.36. The monoisotopic (exact) mass is 192 g/mol. The summed E-state index contributed by atoms with van der Waals surface area (Å²) in [5, 5.41) is -0.249. The van der Waals surface area contributed by atoms with Crippen LogP contribution in [0.25, 0.3) is 5.57 Å². The molecule has 2 heteroatoms. The van der Waals surface area contributed by atoms with E-state index in [9.17, 15) is 4.79 Å². The first-order valence-corrected chi connectivity index (χ1v) is 4.61. The number of hydrogen-bond donors (Lipinski definition) is 0. The van der Waals surface area contributed by atoms with Crippen LogP contribution < -0.4 is 0 Å². The molecule has 0 heterocycles. The summed E-state index contributed by atoms with van der Waals surface area (Å²) in [6.45, 7) is 0. The van der Waals surface area contributed by atoms with E-state index in [1.165, 1.54) is 0 Å². The summed E-state index contributed by atoms with van der Waals surface area (Å²) in [6.07, 6.45) is 2.84. The molecule has 1 nitrogen and oxygen atoms in total. The highest BCUT2D eigenvalue weighted by molar-refractivity contribution is 6.65. The number of hydrogen-bond acceptors (Lipinski definition) is 1. The van der Waals surface area contributed by atoms with Crippen LogP contribution in [0.4, 0.5) is 0 Å². The third-order valence-electron chi connectivity index (χ3n) is 2.33. The lowest BCUT2D eigenvalue weighted by Crippen LogP contribution is -2.17. The van der Waals surface area contributed by atoms with Crippen LogP contribution in [-0.4, -0.2) is 5.24 Å². The maximum absolute atomic E-state index is 10.9. The Labute approximate surface area is 82.0 Å². The minimum absolute atomic E-state index is 0.0796. The van der Waals surface area contributed by atoms with Gasteiger partial charge in [0.1, 0.15) is 0 Å². The van der Waals surface area contributed by atoms with Gasteiger partial charge in [0.25, 0.3) is 0 Å². The molecule has 0 bridgehead atoms. The summed E-state index contributed by atoms with van der Waals surface area (Å²) in [5.74, 6) is -0.0796. The highest BCUT2D eigenvalue weighted by atomic mass is 35.5. The van der Waals surface area contributed by atoms with Crippen LogP contribution in [0.5, 0.6) is 0 Å². The maximum Gasteiger partial charge on any atom is 0.229 e. The summed E-state index contributed by atoms with van der Waals surface area (Å²) in [7, 11) is 0. The molecule has 0 aromatic heterocycles. The van der Waals surface area contributed by atoms with Crippen LogP contribution in [0, 0.1) is 5.92 Å². The van der Waals surface area contributed by atoms with Gasteiger partial charge in [-0.2, -0.15) is 0 Å². The van der Waals surface area contributed by atoms with Crippen molar-refractivity contribution in [3.8, 4) is 0 Å². The van der Waals surface area contributed by atoms with Crippen molar-refractivity contribution in [3.63, 3.8) is 0 Å². The fourth-order valence-corrected chi connectivity index (χ4v) is 1.72. The van der Waals surface area contributed by atoms with Crippen molar-refractivity contribution >= 4 is 22.4 Å². The number of carbonyl (C=O) groups excluding carboxylic acids is 1. The summed E-state index contributed by atoms with van der Waals surface area (Å²) in [6, 6.07) is 9.88. The summed E-state index contributed by atoms with van der Waals surface area (Å²) < 4.78 is 0. The molecule has 1 aliphatic carbocycles. The molecule has 0 fully saturated rings. The van der Waals surface area contributed by atoms with E-state index in [0.717, 1.165) is 17.6 Å². The maximum atomic E-state index is 10.9. The van der Waals surface area contributed by atoms with Gasteiger partial charge in [0.2, 0.25) is 5.24 Å². The highest BCUT2D eigenvalue weighted by Gasteiger charge is 2.27. The van der Waals surface area contributed by atoms with Gasteiger partial charge in [0.15, 0.2) is 0 Å². The predicted octanol–water partition coefficient (Wildman–Crippen LogP) is 2.86. The first kappa shape index (κ1) is 8.52.